The first-order valence-corrected chi connectivity index (χ1v) is 6.71. The van der Waals surface area contributed by atoms with Crippen molar-refractivity contribution in [2.75, 3.05) is 0 Å². The average molecular weight is 222 g/mol. The molecule has 0 unspecified atom stereocenters. The van der Waals surface area contributed by atoms with Gasteiger partial charge in [0.1, 0.15) is 0 Å². The Morgan fingerprint density at radius 3 is 2.06 bits per heavy atom. The summed E-state index contributed by atoms with van der Waals surface area (Å²) < 4.78 is 0. The molecule has 16 heavy (non-hydrogen) atoms. The highest BCUT2D eigenvalue weighted by molar-refractivity contribution is 4.90. The van der Waals surface area contributed by atoms with Gasteiger partial charge in [-0.2, -0.15) is 0 Å². The van der Waals surface area contributed by atoms with Gasteiger partial charge in [0, 0.05) is 12.4 Å². The van der Waals surface area contributed by atoms with Crippen molar-refractivity contribution in [3.05, 3.63) is 25.1 Å². The third kappa shape index (κ3) is 6.54. The summed E-state index contributed by atoms with van der Waals surface area (Å²) in [6.07, 6.45) is 18.5. The van der Waals surface area contributed by atoms with Crippen molar-refractivity contribution in [1.29, 1.82) is 0 Å². The Hall–Kier alpha value is -0.920. The van der Waals surface area contributed by atoms with Gasteiger partial charge in [-0.05, 0) is 25.7 Å². The summed E-state index contributed by atoms with van der Waals surface area (Å²) in [7, 11) is 0. The average Bonchev–Trinajstić information content (AvgIpc) is 2.80. The van der Waals surface area contributed by atoms with Crippen LogP contribution in [-0.2, 0) is 0 Å². The zero-order valence-corrected chi connectivity index (χ0v) is 10.4. The first kappa shape index (κ1) is 13.1. The molecule has 0 atom stereocenters. The van der Waals surface area contributed by atoms with Gasteiger partial charge < -0.3 is 10.6 Å². The van der Waals surface area contributed by atoms with E-state index in [1.54, 1.807) is 0 Å². The fourth-order valence-corrected chi connectivity index (χ4v) is 2.06. The van der Waals surface area contributed by atoms with Crippen LogP contribution in [0.4, 0.5) is 0 Å². The Balaban J connectivity index is 1.73. The largest absolute Gasteiger partial charge is 0.370 e. The molecule has 2 N–H and O–H groups in total. The number of nitrogens with one attached hydrogen (secondary N) is 2. The Morgan fingerprint density at radius 2 is 1.44 bits per heavy atom. The van der Waals surface area contributed by atoms with Crippen LogP contribution in [-0.4, -0.2) is 6.17 Å². The van der Waals surface area contributed by atoms with E-state index in [9.17, 15) is 0 Å². The van der Waals surface area contributed by atoms with Crippen LogP contribution in [0, 0.1) is 0 Å². The Kier molecular flexibility index (Phi) is 7.65. The fourth-order valence-electron chi connectivity index (χ4n) is 2.06. The van der Waals surface area contributed by atoms with E-state index in [0.717, 1.165) is 0 Å². The molecule has 0 saturated carbocycles. The zero-order valence-electron chi connectivity index (χ0n) is 10.4. The number of hydrogen-bond donors (Lipinski definition) is 2. The SMILES string of the molecule is C=CCCCCCCCCCC1NC=CN1. The van der Waals surface area contributed by atoms with Gasteiger partial charge in [0.15, 0.2) is 0 Å². The molecular formula is C14H26N2. The van der Waals surface area contributed by atoms with Crippen LogP contribution in [0.2, 0.25) is 0 Å². The molecule has 0 bridgehead atoms. The van der Waals surface area contributed by atoms with E-state index in [1.165, 1.54) is 57.8 Å². The third-order valence-corrected chi connectivity index (χ3v) is 3.08. The van der Waals surface area contributed by atoms with Crippen LogP contribution in [0.3, 0.4) is 0 Å². The molecule has 0 saturated heterocycles. The Bertz CT molecular complexity index is 191. The highest BCUT2D eigenvalue weighted by atomic mass is 15.1. The van der Waals surface area contributed by atoms with E-state index >= 15 is 0 Å². The van der Waals surface area contributed by atoms with Gasteiger partial charge in [-0.15, -0.1) is 6.58 Å². The molecule has 0 amide bonds. The highest BCUT2D eigenvalue weighted by Crippen LogP contribution is 2.10. The minimum atomic E-state index is 0.493. The van der Waals surface area contributed by atoms with Crippen LogP contribution in [0.5, 0.6) is 0 Å². The summed E-state index contributed by atoms with van der Waals surface area (Å²) in [6, 6.07) is 0. The molecular weight excluding hydrogens is 196 g/mol. The lowest BCUT2D eigenvalue weighted by molar-refractivity contribution is 0.481. The fraction of sp³-hybridized carbons (Fsp3) is 0.714. The van der Waals surface area contributed by atoms with Gasteiger partial charge in [0.2, 0.25) is 0 Å². The minimum absolute atomic E-state index is 0.493. The lowest BCUT2D eigenvalue weighted by atomic mass is 10.1. The van der Waals surface area contributed by atoms with E-state index in [2.05, 4.69) is 17.2 Å². The molecule has 2 heteroatoms. The van der Waals surface area contributed by atoms with Crippen LogP contribution < -0.4 is 10.6 Å². The van der Waals surface area contributed by atoms with Gasteiger partial charge in [0.25, 0.3) is 0 Å². The molecule has 1 heterocycles. The summed E-state index contributed by atoms with van der Waals surface area (Å²) in [5, 5.41) is 6.56. The second-order valence-electron chi connectivity index (χ2n) is 4.56. The number of allylic oxidation sites excluding steroid dienone is 1. The first-order valence-electron chi connectivity index (χ1n) is 6.71. The van der Waals surface area contributed by atoms with Gasteiger partial charge in [-0.3, -0.25) is 0 Å². The van der Waals surface area contributed by atoms with Crippen LogP contribution in [0.1, 0.15) is 57.8 Å². The van der Waals surface area contributed by atoms with Crippen molar-refractivity contribution < 1.29 is 0 Å². The molecule has 0 aromatic rings. The van der Waals surface area contributed by atoms with Gasteiger partial charge in [0.05, 0.1) is 6.17 Å². The lowest BCUT2D eigenvalue weighted by Crippen LogP contribution is -2.30. The summed E-state index contributed by atoms with van der Waals surface area (Å²) in [4.78, 5) is 0. The molecule has 1 aliphatic heterocycles. The smallest absolute Gasteiger partial charge is 0.0955 e. The second-order valence-corrected chi connectivity index (χ2v) is 4.56. The molecule has 92 valence electrons. The third-order valence-electron chi connectivity index (χ3n) is 3.08. The molecule has 1 rings (SSSR count). The monoisotopic (exact) mass is 222 g/mol. The lowest BCUT2D eigenvalue weighted by Gasteiger charge is -2.11. The van der Waals surface area contributed by atoms with E-state index in [-0.39, 0.29) is 0 Å². The summed E-state index contributed by atoms with van der Waals surface area (Å²) in [6.45, 7) is 3.74. The molecule has 0 spiro atoms. The molecule has 0 aromatic carbocycles. The highest BCUT2D eigenvalue weighted by Gasteiger charge is 2.05. The summed E-state index contributed by atoms with van der Waals surface area (Å²) in [5.41, 5.74) is 0. The topological polar surface area (TPSA) is 24.1 Å². The van der Waals surface area contributed by atoms with E-state index in [0.29, 0.717) is 6.17 Å². The van der Waals surface area contributed by atoms with Crippen LogP contribution in [0.25, 0.3) is 0 Å². The van der Waals surface area contributed by atoms with Crippen molar-refractivity contribution in [1.82, 2.24) is 10.6 Å². The van der Waals surface area contributed by atoms with E-state index in [4.69, 9.17) is 0 Å². The Morgan fingerprint density at radius 1 is 0.875 bits per heavy atom. The number of rotatable bonds is 10. The summed E-state index contributed by atoms with van der Waals surface area (Å²) >= 11 is 0. The second kappa shape index (κ2) is 9.32. The standard InChI is InChI=1S/C14H26N2/c1-2-3-4-5-6-7-8-9-10-11-14-15-12-13-16-14/h2,12-16H,1,3-11H2. The van der Waals surface area contributed by atoms with E-state index in [1.807, 2.05) is 18.5 Å². The maximum absolute atomic E-state index is 3.74. The minimum Gasteiger partial charge on any atom is -0.370 e. The van der Waals surface area contributed by atoms with Crippen molar-refractivity contribution in [2.45, 2.75) is 64.0 Å². The maximum Gasteiger partial charge on any atom is 0.0955 e. The predicted molar refractivity (Wildman–Crippen MR) is 70.9 cm³/mol. The normalized spacial score (nSPS) is 14.8. The van der Waals surface area contributed by atoms with Crippen molar-refractivity contribution in [2.24, 2.45) is 0 Å². The Labute approximate surface area is 100 Å². The number of hydrogen-bond acceptors (Lipinski definition) is 2. The zero-order chi connectivity index (χ0) is 11.5. The van der Waals surface area contributed by atoms with Gasteiger partial charge in [-0.1, -0.05) is 38.2 Å². The predicted octanol–water partition coefficient (Wildman–Crippen LogP) is 3.67. The van der Waals surface area contributed by atoms with Crippen LogP contribution >= 0.6 is 0 Å². The maximum atomic E-state index is 3.74. The quantitative estimate of drug-likeness (QED) is 0.435. The van der Waals surface area contributed by atoms with Gasteiger partial charge in [-0.25, -0.2) is 0 Å². The number of unbranched alkanes of at least 4 members (excludes halogenated alkanes) is 7. The van der Waals surface area contributed by atoms with Crippen molar-refractivity contribution in [3.8, 4) is 0 Å². The summed E-state index contributed by atoms with van der Waals surface area (Å²) in [5.74, 6) is 0. The molecule has 0 aliphatic carbocycles. The van der Waals surface area contributed by atoms with Gasteiger partial charge >= 0.3 is 0 Å². The molecule has 0 radical (unpaired) electrons. The molecule has 0 fully saturated rings. The van der Waals surface area contributed by atoms with Crippen molar-refractivity contribution >= 4 is 0 Å². The van der Waals surface area contributed by atoms with Crippen molar-refractivity contribution in [3.63, 3.8) is 0 Å². The molecule has 0 aromatic heterocycles. The molecule has 1 aliphatic rings. The molecule has 2 nitrogen and oxygen atoms in total. The van der Waals surface area contributed by atoms with E-state index < -0.39 is 0 Å². The van der Waals surface area contributed by atoms with Crippen LogP contribution in [0.15, 0.2) is 25.1 Å². The first-order chi connectivity index (χ1) is 7.93.